The molecule has 0 aliphatic heterocycles. The molecule has 7 nitrogen and oxygen atoms in total. The molecule has 0 N–H and O–H groups in total. The molecule has 0 saturated heterocycles. The van der Waals surface area contributed by atoms with Crippen LogP contribution in [0.1, 0.15) is 29.8 Å². The van der Waals surface area contributed by atoms with Gasteiger partial charge in [-0.05, 0) is 25.0 Å². The van der Waals surface area contributed by atoms with Crippen molar-refractivity contribution in [2.24, 2.45) is 5.92 Å². The van der Waals surface area contributed by atoms with Crippen molar-refractivity contribution >= 4 is 16.9 Å². The molecule has 7 heteroatoms. The maximum atomic E-state index is 13.3. The maximum Gasteiger partial charge on any atom is 0.337 e. The molecule has 158 valence electrons. The number of Topliss-reactive ketones (excluding diaryl/α,β-unsaturated/α-hetero) is 1. The first-order chi connectivity index (χ1) is 14.9. The highest BCUT2D eigenvalue weighted by Gasteiger charge is 2.21. The Balaban J connectivity index is 1.94. The van der Waals surface area contributed by atoms with Gasteiger partial charge in [0.1, 0.15) is 0 Å². The summed E-state index contributed by atoms with van der Waals surface area (Å²) >= 11 is 0. The zero-order valence-corrected chi connectivity index (χ0v) is 17.8. The molecule has 0 spiro atoms. The lowest BCUT2D eigenvalue weighted by Crippen LogP contribution is -2.41. The van der Waals surface area contributed by atoms with E-state index in [-0.39, 0.29) is 36.0 Å². The molecule has 4 rings (SSSR count). The highest BCUT2D eigenvalue weighted by Crippen LogP contribution is 2.15. The number of aromatic nitrogens is 4. The van der Waals surface area contributed by atoms with Crippen molar-refractivity contribution in [3.05, 3.63) is 92.9 Å². The molecular weight excluding hydrogens is 392 g/mol. The van der Waals surface area contributed by atoms with Crippen LogP contribution < -0.4 is 11.2 Å². The number of ketones is 1. The summed E-state index contributed by atoms with van der Waals surface area (Å²) in [6.45, 7) is 6.09. The number of fused-ring (bicyclic) bond motifs is 1. The summed E-state index contributed by atoms with van der Waals surface area (Å²) in [7, 11) is 0. The Kier molecular flexibility index (Phi) is 5.42. The van der Waals surface area contributed by atoms with Crippen LogP contribution in [0, 0.1) is 12.8 Å². The van der Waals surface area contributed by atoms with Crippen molar-refractivity contribution in [1.29, 1.82) is 0 Å². The Morgan fingerprint density at radius 2 is 1.68 bits per heavy atom. The largest absolute Gasteiger partial charge is 0.337 e. The minimum absolute atomic E-state index is 0.0382. The quantitative estimate of drug-likeness (QED) is 0.452. The summed E-state index contributed by atoms with van der Waals surface area (Å²) in [6, 6.07) is 16.4. The van der Waals surface area contributed by atoms with Crippen molar-refractivity contribution in [3.63, 3.8) is 0 Å². The van der Waals surface area contributed by atoms with Gasteiger partial charge in [0.05, 0.1) is 18.6 Å². The number of nitrogens with zero attached hydrogens (tertiary/aromatic N) is 4. The van der Waals surface area contributed by atoms with Crippen LogP contribution in [-0.2, 0) is 13.1 Å². The summed E-state index contributed by atoms with van der Waals surface area (Å²) in [5.41, 5.74) is 1.86. The molecule has 2 aromatic carbocycles. The van der Waals surface area contributed by atoms with Gasteiger partial charge in [-0.15, -0.1) is 0 Å². The van der Waals surface area contributed by atoms with Crippen LogP contribution in [0.5, 0.6) is 0 Å². The minimum Gasteiger partial charge on any atom is -0.317 e. The van der Waals surface area contributed by atoms with Gasteiger partial charge in [-0.2, -0.15) is 0 Å². The van der Waals surface area contributed by atoms with E-state index in [1.54, 1.807) is 24.3 Å². The third kappa shape index (κ3) is 3.86. The first-order valence-electron chi connectivity index (χ1n) is 10.2. The van der Waals surface area contributed by atoms with Crippen molar-refractivity contribution in [2.45, 2.75) is 33.9 Å². The van der Waals surface area contributed by atoms with E-state index in [2.05, 4.69) is 4.98 Å². The van der Waals surface area contributed by atoms with Gasteiger partial charge in [-0.25, -0.2) is 14.3 Å². The average Bonchev–Trinajstić information content (AvgIpc) is 3.16. The molecule has 0 fully saturated rings. The molecule has 0 aliphatic rings. The summed E-state index contributed by atoms with van der Waals surface area (Å²) in [5.74, 6) is -0.0422. The lowest BCUT2D eigenvalue weighted by molar-refractivity contribution is 0.0973. The second-order valence-electron chi connectivity index (χ2n) is 8.10. The SMILES string of the molecule is Cc1ccc(-n2c(=O)n(CC(C)C)c(=O)c3c2ncn3CC(=O)c2ccccc2)cc1. The van der Waals surface area contributed by atoms with Gasteiger partial charge >= 0.3 is 5.69 Å². The smallest absolute Gasteiger partial charge is 0.317 e. The highest BCUT2D eigenvalue weighted by atomic mass is 16.2. The van der Waals surface area contributed by atoms with Crippen LogP contribution in [0.4, 0.5) is 0 Å². The molecule has 0 unspecified atom stereocenters. The molecule has 31 heavy (non-hydrogen) atoms. The van der Waals surface area contributed by atoms with Crippen molar-refractivity contribution in [1.82, 2.24) is 18.7 Å². The predicted octanol–water partition coefficient (Wildman–Crippen LogP) is 3.20. The third-order valence-electron chi connectivity index (χ3n) is 5.15. The van der Waals surface area contributed by atoms with Crippen LogP contribution in [-0.4, -0.2) is 24.5 Å². The van der Waals surface area contributed by atoms with Gasteiger partial charge in [-0.3, -0.25) is 14.2 Å². The molecule has 2 aromatic heterocycles. The Bertz CT molecular complexity index is 1360. The molecule has 0 aliphatic carbocycles. The molecule has 0 atom stereocenters. The topological polar surface area (TPSA) is 78.9 Å². The van der Waals surface area contributed by atoms with Crippen molar-refractivity contribution in [3.8, 4) is 5.69 Å². The van der Waals surface area contributed by atoms with Crippen molar-refractivity contribution < 1.29 is 4.79 Å². The third-order valence-corrected chi connectivity index (χ3v) is 5.15. The zero-order chi connectivity index (χ0) is 22.1. The van der Waals surface area contributed by atoms with E-state index in [1.165, 1.54) is 20.0 Å². The molecule has 2 heterocycles. The lowest BCUT2D eigenvalue weighted by atomic mass is 10.1. The van der Waals surface area contributed by atoms with E-state index in [9.17, 15) is 14.4 Å². The first-order valence-corrected chi connectivity index (χ1v) is 10.2. The van der Waals surface area contributed by atoms with E-state index in [0.29, 0.717) is 11.3 Å². The fourth-order valence-electron chi connectivity index (χ4n) is 3.62. The van der Waals surface area contributed by atoms with Crippen LogP contribution >= 0.6 is 0 Å². The Hall–Kier alpha value is -3.74. The monoisotopic (exact) mass is 416 g/mol. The molecule has 0 bridgehead atoms. The summed E-state index contributed by atoms with van der Waals surface area (Å²) in [5, 5.41) is 0. The average molecular weight is 416 g/mol. The summed E-state index contributed by atoms with van der Waals surface area (Å²) < 4.78 is 4.22. The van der Waals surface area contributed by atoms with E-state index < -0.39 is 11.2 Å². The van der Waals surface area contributed by atoms with Gasteiger partial charge in [0.15, 0.2) is 16.9 Å². The zero-order valence-electron chi connectivity index (χ0n) is 17.8. The number of hydrogen-bond acceptors (Lipinski definition) is 4. The summed E-state index contributed by atoms with van der Waals surface area (Å²) in [4.78, 5) is 43.7. The molecule has 0 amide bonds. The Labute approximate surface area is 179 Å². The molecule has 0 saturated carbocycles. The number of hydrogen-bond donors (Lipinski definition) is 0. The summed E-state index contributed by atoms with van der Waals surface area (Å²) in [6.07, 6.45) is 1.46. The van der Waals surface area contributed by atoms with Gasteiger partial charge in [0.25, 0.3) is 5.56 Å². The molecule has 4 aromatic rings. The highest BCUT2D eigenvalue weighted by molar-refractivity contribution is 5.96. The Morgan fingerprint density at radius 3 is 2.32 bits per heavy atom. The number of carbonyl (C=O) groups excluding carboxylic acids is 1. The number of aryl methyl sites for hydroxylation is 1. The number of imidazole rings is 1. The van der Waals surface area contributed by atoms with Gasteiger partial charge in [0, 0.05) is 12.1 Å². The lowest BCUT2D eigenvalue weighted by Gasteiger charge is -2.14. The number of rotatable bonds is 6. The van der Waals surface area contributed by atoms with Gasteiger partial charge in [-0.1, -0.05) is 61.9 Å². The predicted molar refractivity (Wildman–Crippen MR) is 120 cm³/mol. The molecule has 0 radical (unpaired) electrons. The number of benzene rings is 2. The van der Waals surface area contributed by atoms with Crippen LogP contribution in [0.25, 0.3) is 16.9 Å². The van der Waals surface area contributed by atoms with E-state index in [1.807, 2.05) is 51.1 Å². The van der Waals surface area contributed by atoms with Crippen LogP contribution in [0.3, 0.4) is 0 Å². The minimum atomic E-state index is -0.435. The number of carbonyl (C=O) groups is 1. The standard InChI is InChI=1S/C24H24N4O3/c1-16(2)13-27-23(30)21-22(28(24(27)31)19-11-9-17(3)10-12-19)25-15-26(21)14-20(29)18-7-5-4-6-8-18/h4-12,15-16H,13-14H2,1-3H3. The second-order valence-corrected chi connectivity index (χ2v) is 8.10. The normalized spacial score (nSPS) is 11.4. The van der Waals surface area contributed by atoms with Crippen molar-refractivity contribution in [2.75, 3.05) is 0 Å². The maximum absolute atomic E-state index is 13.3. The van der Waals surface area contributed by atoms with Crippen LogP contribution in [0.15, 0.2) is 70.5 Å². The second kappa shape index (κ2) is 8.18. The van der Waals surface area contributed by atoms with Gasteiger partial charge in [0.2, 0.25) is 0 Å². The van der Waals surface area contributed by atoms with E-state index in [4.69, 9.17) is 0 Å². The van der Waals surface area contributed by atoms with E-state index >= 15 is 0 Å². The van der Waals surface area contributed by atoms with E-state index in [0.717, 1.165) is 5.56 Å². The Morgan fingerprint density at radius 1 is 1.00 bits per heavy atom. The first kappa shape index (κ1) is 20.5. The van der Waals surface area contributed by atoms with Gasteiger partial charge < -0.3 is 4.57 Å². The van der Waals surface area contributed by atoms with Crippen LogP contribution in [0.2, 0.25) is 0 Å². The fraction of sp³-hybridized carbons (Fsp3) is 0.250. The fourth-order valence-corrected chi connectivity index (χ4v) is 3.62. The molecular formula is C24H24N4O3.